The molecule has 1 amide bonds. The zero-order valence-corrected chi connectivity index (χ0v) is 64.4. The molecule has 0 aliphatic carbocycles. The van der Waals surface area contributed by atoms with Crippen LogP contribution in [0.1, 0.15) is 444 Å². The number of amides is 1. The van der Waals surface area contributed by atoms with Gasteiger partial charge >= 0.3 is 7.82 Å². The van der Waals surface area contributed by atoms with Crippen molar-refractivity contribution >= 4 is 13.7 Å². The third-order valence-corrected chi connectivity index (χ3v) is 20.6. The number of hydrogen-bond donors (Lipinski definition) is 3. The summed E-state index contributed by atoms with van der Waals surface area (Å²) < 4.78 is 23.9. The predicted molar refractivity (Wildman–Crippen MR) is 411 cm³/mol. The van der Waals surface area contributed by atoms with Gasteiger partial charge in [-0.25, -0.2) is 4.57 Å². The molecular formula is C84H166N2O6P+. The largest absolute Gasteiger partial charge is 0.472 e. The van der Waals surface area contributed by atoms with Crippen LogP contribution in [0.3, 0.4) is 0 Å². The number of nitrogens with one attached hydrogen (secondary N) is 1. The van der Waals surface area contributed by atoms with Gasteiger partial charge in [-0.1, -0.05) is 429 Å². The highest BCUT2D eigenvalue weighted by molar-refractivity contribution is 7.47. The van der Waals surface area contributed by atoms with Gasteiger partial charge in [0.2, 0.25) is 5.91 Å². The second kappa shape index (κ2) is 74.9. The van der Waals surface area contributed by atoms with E-state index in [1.165, 1.54) is 379 Å². The lowest BCUT2D eigenvalue weighted by Crippen LogP contribution is -2.45. The monoisotopic (exact) mass is 1330 g/mol. The van der Waals surface area contributed by atoms with E-state index < -0.39 is 20.0 Å². The van der Waals surface area contributed by atoms with Crippen molar-refractivity contribution in [3.63, 3.8) is 0 Å². The average molecular weight is 1330 g/mol. The highest BCUT2D eigenvalue weighted by atomic mass is 31.2. The number of phosphoric ester groups is 1. The summed E-state index contributed by atoms with van der Waals surface area (Å²) in [5, 5.41) is 14.0. The van der Waals surface area contributed by atoms with E-state index in [0.29, 0.717) is 17.4 Å². The molecule has 0 aromatic heterocycles. The van der Waals surface area contributed by atoms with E-state index in [0.717, 1.165) is 44.9 Å². The van der Waals surface area contributed by atoms with Crippen molar-refractivity contribution in [2.24, 2.45) is 0 Å². The number of allylic oxidation sites excluding steroid dienone is 5. The first kappa shape index (κ1) is 91.7. The van der Waals surface area contributed by atoms with Gasteiger partial charge in [-0.15, -0.1) is 0 Å². The number of carbonyl (C=O) groups excluding carboxylic acids is 1. The number of quaternary nitrogens is 1. The highest BCUT2D eigenvalue weighted by Gasteiger charge is 2.28. The van der Waals surface area contributed by atoms with E-state index in [2.05, 4.69) is 43.5 Å². The molecule has 0 saturated heterocycles. The number of aliphatic hydroxyl groups is 1. The summed E-state index contributed by atoms with van der Waals surface area (Å²) in [7, 11) is 1.57. The van der Waals surface area contributed by atoms with Crippen molar-refractivity contribution in [3.8, 4) is 0 Å². The molecule has 0 spiro atoms. The normalized spacial score (nSPS) is 13.6. The number of aliphatic hydroxyl groups excluding tert-OH is 1. The van der Waals surface area contributed by atoms with Crippen molar-refractivity contribution in [2.75, 3.05) is 40.9 Å². The maximum absolute atomic E-state index is 13.1. The van der Waals surface area contributed by atoms with Gasteiger partial charge in [-0.2, -0.15) is 0 Å². The molecular weight excluding hydrogens is 1160 g/mol. The van der Waals surface area contributed by atoms with Crippen LogP contribution in [0.25, 0.3) is 0 Å². The zero-order chi connectivity index (χ0) is 67.6. The van der Waals surface area contributed by atoms with Gasteiger partial charge in [0.25, 0.3) is 0 Å². The Kier molecular flexibility index (Phi) is 73.9. The third kappa shape index (κ3) is 77.9. The molecule has 552 valence electrons. The quantitative estimate of drug-likeness (QED) is 0.0243. The van der Waals surface area contributed by atoms with Crippen LogP contribution in [-0.2, 0) is 18.4 Å². The molecule has 0 aromatic carbocycles. The van der Waals surface area contributed by atoms with Crippen LogP contribution < -0.4 is 5.32 Å². The Labute approximate surface area is 582 Å². The van der Waals surface area contributed by atoms with E-state index in [4.69, 9.17) is 9.05 Å². The number of likely N-dealkylation sites (N-methyl/N-ethyl adjacent to an activating group) is 1. The third-order valence-electron chi connectivity index (χ3n) is 19.6. The molecule has 0 aromatic rings. The lowest BCUT2D eigenvalue weighted by molar-refractivity contribution is -0.870. The molecule has 0 aliphatic heterocycles. The van der Waals surface area contributed by atoms with Crippen LogP contribution in [0, 0.1) is 0 Å². The van der Waals surface area contributed by atoms with Gasteiger partial charge in [-0.3, -0.25) is 13.8 Å². The van der Waals surface area contributed by atoms with Crippen molar-refractivity contribution in [1.82, 2.24) is 5.32 Å². The minimum absolute atomic E-state index is 0.0556. The summed E-state index contributed by atoms with van der Waals surface area (Å²) >= 11 is 0. The van der Waals surface area contributed by atoms with Gasteiger partial charge in [-0.05, 0) is 44.9 Å². The molecule has 0 aliphatic rings. The number of phosphoric acid groups is 1. The molecule has 0 rings (SSSR count). The van der Waals surface area contributed by atoms with E-state index in [1.807, 2.05) is 27.2 Å². The molecule has 0 heterocycles. The lowest BCUT2D eigenvalue weighted by atomic mass is 10.0. The van der Waals surface area contributed by atoms with Crippen molar-refractivity contribution in [2.45, 2.75) is 456 Å². The zero-order valence-electron chi connectivity index (χ0n) is 63.5. The average Bonchev–Trinajstić information content (AvgIpc) is 2.57. The van der Waals surface area contributed by atoms with E-state index in [9.17, 15) is 19.4 Å². The Balaban J connectivity index is 3.93. The summed E-state index contributed by atoms with van der Waals surface area (Å²) in [6.07, 6.45) is 102. The van der Waals surface area contributed by atoms with Crippen LogP contribution in [0.2, 0.25) is 0 Å². The standard InChI is InChI=1S/C84H165N2O6P/c1-6-8-10-12-14-16-18-20-22-24-26-28-30-32-34-36-38-39-40-41-42-43-44-45-46-47-48-50-52-54-56-58-60-62-64-66-68-70-72-74-76-78-84(88)85-82(81-92-93(89,90)91-80-79-86(3,4)5)83(87)77-75-73-71-69-67-65-63-61-59-57-55-53-51-49-37-35-33-31-29-27-25-23-21-19-17-15-13-11-9-7-2/h59,61,67,69,75,77,82-83,87H,6-58,60,62-66,68,70-74,76,78-81H2,1-5H3,(H-,85,88,89,90)/p+1/b61-59+,69-67+,77-75+. The first-order chi connectivity index (χ1) is 45.5. The van der Waals surface area contributed by atoms with Crippen LogP contribution >= 0.6 is 7.82 Å². The molecule has 9 heteroatoms. The fourth-order valence-electron chi connectivity index (χ4n) is 13.1. The highest BCUT2D eigenvalue weighted by Crippen LogP contribution is 2.43. The van der Waals surface area contributed by atoms with E-state index in [1.54, 1.807) is 6.08 Å². The van der Waals surface area contributed by atoms with Crippen LogP contribution in [0.4, 0.5) is 0 Å². The van der Waals surface area contributed by atoms with Gasteiger partial charge in [0.05, 0.1) is 39.9 Å². The first-order valence-electron chi connectivity index (χ1n) is 41.9. The maximum atomic E-state index is 13.1. The minimum Gasteiger partial charge on any atom is -0.387 e. The summed E-state index contributed by atoms with van der Waals surface area (Å²) in [5.74, 6) is -0.181. The molecule has 3 N–H and O–H groups in total. The second-order valence-electron chi connectivity index (χ2n) is 30.2. The van der Waals surface area contributed by atoms with Crippen LogP contribution in [0.5, 0.6) is 0 Å². The number of rotatable bonds is 79. The SMILES string of the molecule is CCCCCCCCCCCCCCCCCCCCCC/C=C/CC/C=C/CC/C=C/C(O)C(COP(=O)(O)OCC[N+](C)(C)C)NC(=O)CCCCCCCCCCCCCCCCCCCCCCCCCCCCCCCCCCCCCCCCCCC. The number of hydrogen-bond acceptors (Lipinski definition) is 5. The Bertz CT molecular complexity index is 1610. The van der Waals surface area contributed by atoms with Gasteiger partial charge in [0.1, 0.15) is 13.2 Å². The van der Waals surface area contributed by atoms with Crippen molar-refractivity contribution in [3.05, 3.63) is 36.5 Å². The molecule has 93 heavy (non-hydrogen) atoms. The minimum atomic E-state index is -4.37. The topological polar surface area (TPSA) is 105 Å². The number of unbranched alkanes of at least 4 members (excludes halogenated alkanes) is 62. The molecule has 8 nitrogen and oxygen atoms in total. The molecule has 3 atom stereocenters. The summed E-state index contributed by atoms with van der Waals surface area (Å²) in [6, 6.07) is -0.871. The fraction of sp³-hybridized carbons (Fsp3) is 0.917. The lowest BCUT2D eigenvalue weighted by Gasteiger charge is -2.25. The molecule has 0 bridgehead atoms. The van der Waals surface area contributed by atoms with Crippen LogP contribution in [-0.4, -0.2) is 73.4 Å². The number of nitrogens with zero attached hydrogens (tertiary/aromatic N) is 1. The van der Waals surface area contributed by atoms with Crippen molar-refractivity contribution in [1.29, 1.82) is 0 Å². The molecule has 0 fully saturated rings. The Morgan fingerprint density at radius 1 is 0.355 bits per heavy atom. The van der Waals surface area contributed by atoms with Gasteiger partial charge < -0.3 is 19.8 Å². The second-order valence-corrected chi connectivity index (χ2v) is 31.7. The van der Waals surface area contributed by atoms with Gasteiger partial charge in [0, 0.05) is 6.42 Å². The Morgan fingerprint density at radius 2 is 0.591 bits per heavy atom. The summed E-state index contributed by atoms with van der Waals surface area (Å²) in [4.78, 5) is 23.5. The molecule has 0 saturated carbocycles. The predicted octanol–water partition coefficient (Wildman–Crippen LogP) is 27.5. The Morgan fingerprint density at radius 3 is 0.860 bits per heavy atom. The maximum Gasteiger partial charge on any atom is 0.472 e. The molecule has 0 radical (unpaired) electrons. The van der Waals surface area contributed by atoms with Crippen molar-refractivity contribution < 1.29 is 32.9 Å². The van der Waals surface area contributed by atoms with Gasteiger partial charge in [0.15, 0.2) is 0 Å². The van der Waals surface area contributed by atoms with Crippen LogP contribution in [0.15, 0.2) is 36.5 Å². The molecule has 3 unspecified atom stereocenters. The Hall–Kier alpha value is -1.28. The fourth-order valence-corrected chi connectivity index (χ4v) is 13.9. The first-order valence-corrected chi connectivity index (χ1v) is 43.4. The smallest absolute Gasteiger partial charge is 0.387 e. The number of carbonyl (C=O) groups is 1. The summed E-state index contributed by atoms with van der Waals surface area (Å²) in [6.45, 7) is 4.86. The summed E-state index contributed by atoms with van der Waals surface area (Å²) in [5.41, 5.74) is 0. The van der Waals surface area contributed by atoms with E-state index >= 15 is 0 Å². The van der Waals surface area contributed by atoms with E-state index in [-0.39, 0.29) is 19.1 Å².